The number of alkyl halides is 2. The zero-order chi connectivity index (χ0) is 13.9. The number of fused-ring (bicyclic) bond motifs is 10. The summed E-state index contributed by atoms with van der Waals surface area (Å²) < 4.78 is 0. The maximum absolute atomic E-state index is 13.1. The highest BCUT2D eigenvalue weighted by atomic mass is 35.5. The SMILES string of the molecule is O=C1[C@@H]2[C@H]3C=C[C@@H](C3)[C@]2(Cl)C(=O)[C@@H]2[C@H]3C=C[C@@H](C3)[C@]12Cl. The molecule has 0 radical (unpaired) electrons. The van der Waals surface area contributed by atoms with Crippen LogP contribution in [-0.2, 0) is 9.59 Å². The van der Waals surface area contributed by atoms with E-state index in [0.29, 0.717) is 0 Å². The summed E-state index contributed by atoms with van der Waals surface area (Å²) in [5.74, 6) is -0.511. The third-order valence-electron chi connectivity index (χ3n) is 6.39. The molecule has 0 aromatic heterocycles. The van der Waals surface area contributed by atoms with Crippen LogP contribution in [-0.4, -0.2) is 21.3 Å². The first kappa shape index (κ1) is 12.0. The predicted octanol–water partition coefficient (Wildman–Crippen LogP) is 2.74. The molecule has 8 atom stereocenters. The van der Waals surface area contributed by atoms with Crippen LogP contribution in [0.15, 0.2) is 24.3 Å². The molecule has 0 spiro atoms. The third kappa shape index (κ3) is 0.972. The Labute approximate surface area is 127 Å². The molecule has 0 amide bonds. The standard InChI is InChI=1S/C16H14Cl2O2/c17-15-9-3-1-7(5-9)11(15)13(19)16(18)10-4-2-8(6-10)12(16)14(15)20/h1-4,7-12H,5-6H2/t7-,8-,9-,10-,11-,12-,15+,16+/m0/s1. The lowest BCUT2D eigenvalue weighted by Crippen LogP contribution is -2.65. The van der Waals surface area contributed by atoms with Gasteiger partial charge in [0, 0.05) is 11.8 Å². The van der Waals surface area contributed by atoms with Gasteiger partial charge in [0.1, 0.15) is 9.75 Å². The van der Waals surface area contributed by atoms with Gasteiger partial charge in [-0.15, -0.1) is 23.2 Å². The van der Waals surface area contributed by atoms with E-state index in [0.717, 1.165) is 12.8 Å². The lowest BCUT2D eigenvalue weighted by Gasteiger charge is -2.49. The Morgan fingerprint density at radius 2 is 1.20 bits per heavy atom. The first-order valence-electron chi connectivity index (χ1n) is 7.32. The molecule has 4 heteroatoms. The van der Waals surface area contributed by atoms with Crippen LogP contribution in [0.3, 0.4) is 0 Å². The highest BCUT2D eigenvalue weighted by Crippen LogP contribution is 2.67. The second-order valence-corrected chi connectivity index (χ2v) is 8.25. The van der Waals surface area contributed by atoms with Crippen molar-refractivity contribution in [3.05, 3.63) is 24.3 Å². The third-order valence-corrected chi connectivity index (χ3v) is 7.80. The minimum atomic E-state index is -1.02. The predicted molar refractivity (Wildman–Crippen MR) is 75.6 cm³/mol. The van der Waals surface area contributed by atoms with Crippen molar-refractivity contribution < 1.29 is 9.59 Å². The Hall–Kier alpha value is -0.600. The first-order valence-corrected chi connectivity index (χ1v) is 8.07. The molecule has 4 bridgehead atoms. The normalized spacial score (nSPS) is 61.3. The molecule has 3 fully saturated rings. The zero-order valence-corrected chi connectivity index (χ0v) is 12.3. The summed E-state index contributed by atoms with van der Waals surface area (Å²) >= 11 is 13.6. The number of hydrogen-bond donors (Lipinski definition) is 0. The lowest BCUT2D eigenvalue weighted by molar-refractivity contribution is -0.144. The smallest absolute Gasteiger partial charge is 0.161 e. The van der Waals surface area contributed by atoms with E-state index in [1.165, 1.54) is 0 Å². The summed E-state index contributed by atoms with van der Waals surface area (Å²) in [7, 11) is 0. The van der Waals surface area contributed by atoms with Crippen LogP contribution in [0, 0.1) is 35.5 Å². The number of ketones is 2. The van der Waals surface area contributed by atoms with Crippen molar-refractivity contribution in [1.82, 2.24) is 0 Å². The molecule has 104 valence electrons. The average Bonchev–Trinajstić information content (AvgIpc) is 3.14. The molecule has 0 aliphatic heterocycles. The quantitative estimate of drug-likeness (QED) is 0.509. The van der Waals surface area contributed by atoms with Gasteiger partial charge in [0.2, 0.25) is 0 Å². The first-order chi connectivity index (χ1) is 9.49. The maximum Gasteiger partial charge on any atom is 0.161 e. The van der Waals surface area contributed by atoms with Crippen molar-refractivity contribution in [2.24, 2.45) is 35.5 Å². The number of rotatable bonds is 0. The van der Waals surface area contributed by atoms with Crippen molar-refractivity contribution in [3.63, 3.8) is 0 Å². The largest absolute Gasteiger partial charge is 0.297 e. The molecule has 5 aliphatic rings. The molecule has 3 saturated carbocycles. The van der Waals surface area contributed by atoms with E-state index in [2.05, 4.69) is 12.2 Å². The molecule has 0 aromatic carbocycles. The molecule has 2 nitrogen and oxygen atoms in total. The maximum atomic E-state index is 13.1. The van der Waals surface area contributed by atoms with E-state index in [1.807, 2.05) is 12.2 Å². The van der Waals surface area contributed by atoms with Gasteiger partial charge in [0.05, 0.1) is 11.8 Å². The van der Waals surface area contributed by atoms with E-state index < -0.39 is 21.6 Å². The monoisotopic (exact) mass is 308 g/mol. The number of halogens is 2. The van der Waals surface area contributed by atoms with Gasteiger partial charge >= 0.3 is 0 Å². The molecule has 20 heavy (non-hydrogen) atoms. The average molecular weight is 309 g/mol. The minimum Gasteiger partial charge on any atom is -0.297 e. The van der Waals surface area contributed by atoms with E-state index in [4.69, 9.17) is 23.2 Å². The van der Waals surface area contributed by atoms with Crippen molar-refractivity contribution in [1.29, 1.82) is 0 Å². The van der Waals surface area contributed by atoms with E-state index in [-0.39, 0.29) is 35.2 Å². The van der Waals surface area contributed by atoms with Crippen LogP contribution in [0.1, 0.15) is 12.8 Å². The topological polar surface area (TPSA) is 34.1 Å². The number of hydrogen-bond acceptors (Lipinski definition) is 2. The molecular formula is C16H14Cl2O2. The van der Waals surface area contributed by atoms with Gasteiger partial charge in [0.25, 0.3) is 0 Å². The Bertz CT molecular complexity index is 570. The van der Waals surface area contributed by atoms with Gasteiger partial charge in [-0.05, 0) is 24.7 Å². The molecule has 0 N–H and O–H groups in total. The van der Waals surface area contributed by atoms with Crippen molar-refractivity contribution in [3.8, 4) is 0 Å². The zero-order valence-electron chi connectivity index (χ0n) is 10.8. The van der Waals surface area contributed by atoms with Gasteiger partial charge in [-0.2, -0.15) is 0 Å². The van der Waals surface area contributed by atoms with E-state index in [1.54, 1.807) is 0 Å². The fraction of sp³-hybridized carbons (Fsp3) is 0.625. The Kier molecular flexibility index (Phi) is 1.95. The summed E-state index contributed by atoms with van der Waals surface area (Å²) in [6.07, 6.45) is 9.84. The van der Waals surface area contributed by atoms with Crippen molar-refractivity contribution in [2.75, 3.05) is 0 Å². The second-order valence-electron chi connectivity index (χ2n) is 7.00. The minimum absolute atomic E-state index is 0.0138. The summed E-state index contributed by atoms with van der Waals surface area (Å²) in [5.41, 5.74) is 0. The summed E-state index contributed by atoms with van der Waals surface area (Å²) in [4.78, 5) is 24.2. The molecule has 0 heterocycles. The van der Waals surface area contributed by atoms with Gasteiger partial charge in [-0.25, -0.2) is 0 Å². The van der Waals surface area contributed by atoms with Crippen LogP contribution in [0.25, 0.3) is 0 Å². The lowest BCUT2D eigenvalue weighted by atomic mass is 9.59. The van der Waals surface area contributed by atoms with E-state index >= 15 is 0 Å². The van der Waals surface area contributed by atoms with Crippen LogP contribution < -0.4 is 0 Å². The van der Waals surface area contributed by atoms with Gasteiger partial charge in [-0.3, -0.25) is 9.59 Å². The Morgan fingerprint density at radius 3 is 1.60 bits per heavy atom. The van der Waals surface area contributed by atoms with Crippen LogP contribution in [0.4, 0.5) is 0 Å². The molecule has 5 rings (SSSR count). The van der Waals surface area contributed by atoms with Gasteiger partial charge < -0.3 is 0 Å². The second kappa shape index (κ2) is 3.25. The molecule has 5 aliphatic carbocycles. The van der Waals surface area contributed by atoms with Gasteiger partial charge in [0.15, 0.2) is 11.6 Å². The van der Waals surface area contributed by atoms with Crippen molar-refractivity contribution in [2.45, 2.75) is 22.6 Å². The number of carbonyl (C=O) groups excluding carboxylic acids is 2. The molecule has 0 aromatic rings. The summed E-state index contributed by atoms with van der Waals surface area (Å²) in [5, 5.41) is 0. The highest BCUT2D eigenvalue weighted by Gasteiger charge is 2.76. The van der Waals surface area contributed by atoms with Crippen LogP contribution in [0.2, 0.25) is 0 Å². The van der Waals surface area contributed by atoms with Crippen LogP contribution >= 0.6 is 23.2 Å². The van der Waals surface area contributed by atoms with Crippen LogP contribution in [0.5, 0.6) is 0 Å². The molecule has 0 unspecified atom stereocenters. The fourth-order valence-corrected chi connectivity index (χ4v) is 6.66. The summed E-state index contributed by atoms with van der Waals surface area (Å²) in [6.45, 7) is 0. The Morgan fingerprint density at radius 1 is 0.800 bits per heavy atom. The number of Topliss-reactive ketones (excluding diaryl/α,β-unsaturated/α-hetero) is 2. The highest BCUT2D eigenvalue weighted by molar-refractivity contribution is 6.46. The molecular weight excluding hydrogens is 295 g/mol. The fourth-order valence-electron chi connectivity index (χ4n) is 5.58. The summed E-state index contributed by atoms with van der Waals surface area (Å²) in [6, 6.07) is 0. The molecule has 0 saturated heterocycles. The van der Waals surface area contributed by atoms with Gasteiger partial charge in [-0.1, -0.05) is 24.3 Å². The van der Waals surface area contributed by atoms with Crippen molar-refractivity contribution >= 4 is 34.8 Å². The van der Waals surface area contributed by atoms with E-state index in [9.17, 15) is 9.59 Å². The number of allylic oxidation sites excluding steroid dienone is 4. The Balaban J connectivity index is 1.74. The number of carbonyl (C=O) groups is 2.